The van der Waals surface area contributed by atoms with Crippen LogP contribution >= 0.6 is 0 Å². The van der Waals surface area contributed by atoms with Crippen LogP contribution in [0.3, 0.4) is 0 Å². The van der Waals surface area contributed by atoms with E-state index in [0.717, 1.165) is 17.7 Å². The summed E-state index contributed by atoms with van der Waals surface area (Å²) in [7, 11) is 1.85. The summed E-state index contributed by atoms with van der Waals surface area (Å²) in [5, 5.41) is 7.08. The number of ether oxygens (including phenoxy) is 1. The van der Waals surface area contributed by atoms with E-state index in [1.165, 1.54) is 0 Å². The molecule has 6 nitrogen and oxygen atoms in total. The molecule has 1 heterocycles. The van der Waals surface area contributed by atoms with Gasteiger partial charge in [0, 0.05) is 31.8 Å². The van der Waals surface area contributed by atoms with E-state index >= 15 is 0 Å². The van der Waals surface area contributed by atoms with Crippen LogP contribution < -0.4 is 5.32 Å². The summed E-state index contributed by atoms with van der Waals surface area (Å²) in [6, 6.07) is 0. The Morgan fingerprint density at radius 1 is 1.37 bits per heavy atom. The number of aromatic nitrogens is 2. The number of carbonyl (C=O) groups is 2. The maximum Gasteiger partial charge on any atom is 0.306 e. The number of esters is 1. The second-order valence-electron chi connectivity index (χ2n) is 4.21. The zero-order valence-electron chi connectivity index (χ0n) is 11.7. The predicted molar refractivity (Wildman–Crippen MR) is 70.3 cm³/mol. The molecule has 0 radical (unpaired) electrons. The van der Waals surface area contributed by atoms with Crippen LogP contribution in [-0.2, 0) is 34.3 Å². The minimum atomic E-state index is -0.340. The number of hydrogen-bond donors (Lipinski definition) is 1. The molecule has 0 saturated carbocycles. The van der Waals surface area contributed by atoms with Crippen LogP contribution in [0.25, 0.3) is 0 Å². The van der Waals surface area contributed by atoms with E-state index in [9.17, 15) is 9.59 Å². The summed E-state index contributed by atoms with van der Waals surface area (Å²) in [6.45, 7) is 4.55. The highest BCUT2D eigenvalue weighted by Crippen LogP contribution is 2.06. The highest BCUT2D eigenvalue weighted by Gasteiger charge is 2.09. The third-order valence-electron chi connectivity index (χ3n) is 2.66. The summed E-state index contributed by atoms with van der Waals surface area (Å²) >= 11 is 0. The lowest BCUT2D eigenvalue weighted by Crippen LogP contribution is -2.23. The molecule has 1 amide bonds. The van der Waals surface area contributed by atoms with E-state index in [4.69, 9.17) is 4.74 Å². The monoisotopic (exact) mass is 267 g/mol. The van der Waals surface area contributed by atoms with E-state index < -0.39 is 0 Å². The first kappa shape index (κ1) is 15.2. The topological polar surface area (TPSA) is 73.2 Å². The second kappa shape index (κ2) is 7.56. The van der Waals surface area contributed by atoms with Gasteiger partial charge in [-0.2, -0.15) is 5.10 Å². The van der Waals surface area contributed by atoms with Gasteiger partial charge in [0.25, 0.3) is 0 Å². The Balaban J connectivity index is 2.35. The van der Waals surface area contributed by atoms with Gasteiger partial charge < -0.3 is 10.1 Å². The van der Waals surface area contributed by atoms with Crippen molar-refractivity contribution in [1.82, 2.24) is 15.1 Å². The Hall–Kier alpha value is -1.85. The Kier molecular flexibility index (Phi) is 6.05. The van der Waals surface area contributed by atoms with E-state index in [1.54, 1.807) is 11.6 Å². The van der Waals surface area contributed by atoms with Crippen molar-refractivity contribution in [2.24, 2.45) is 7.05 Å². The Bertz CT molecular complexity index is 440. The van der Waals surface area contributed by atoms with E-state index in [-0.39, 0.29) is 24.7 Å². The first-order valence-corrected chi connectivity index (χ1v) is 6.50. The van der Waals surface area contributed by atoms with Gasteiger partial charge in [-0.15, -0.1) is 0 Å². The fraction of sp³-hybridized carbons (Fsp3) is 0.615. The van der Waals surface area contributed by atoms with Crippen LogP contribution in [0.4, 0.5) is 0 Å². The van der Waals surface area contributed by atoms with Crippen LogP contribution in [0, 0.1) is 0 Å². The van der Waals surface area contributed by atoms with Crippen LogP contribution in [0.15, 0.2) is 6.20 Å². The Labute approximate surface area is 113 Å². The molecule has 0 unspecified atom stereocenters. The van der Waals surface area contributed by atoms with Gasteiger partial charge in [-0.05, 0) is 13.3 Å². The molecule has 0 aliphatic carbocycles. The van der Waals surface area contributed by atoms with Crippen LogP contribution in [0.1, 0.15) is 37.9 Å². The standard InChI is InChI=1S/C13H21N3O3/c1-4-11-10(9-16(3)15-11)8-14-12(17)6-7-13(18)19-5-2/h9H,4-8H2,1-3H3,(H,14,17). The minimum absolute atomic E-state index is 0.118. The fourth-order valence-corrected chi connectivity index (χ4v) is 1.76. The third kappa shape index (κ3) is 5.11. The first-order chi connectivity index (χ1) is 9.06. The van der Waals surface area contributed by atoms with Crippen molar-refractivity contribution < 1.29 is 14.3 Å². The maximum absolute atomic E-state index is 11.6. The number of aryl methyl sites for hydroxylation is 2. The number of rotatable bonds is 7. The number of hydrogen-bond acceptors (Lipinski definition) is 4. The smallest absolute Gasteiger partial charge is 0.306 e. The molecule has 1 rings (SSSR count). The molecule has 19 heavy (non-hydrogen) atoms. The van der Waals surface area contributed by atoms with Gasteiger partial charge in [0.2, 0.25) is 5.91 Å². The van der Waals surface area contributed by atoms with Gasteiger partial charge in [-0.25, -0.2) is 0 Å². The van der Waals surface area contributed by atoms with E-state index in [2.05, 4.69) is 10.4 Å². The summed E-state index contributed by atoms with van der Waals surface area (Å²) in [4.78, 5) is 22.7. The zero-order chi connectivity index (χ0) is 14.3. The Morgan fingerprint density at radius 3 is 2.74 bits per heavy atom. The summed E-state index contributed by atoms with van der Waals surface area (Å²) in [6.07, 6.45) is 2.99. The molecule has 0 bridgehead atoms. The first-order valence-electron chi connectivity index (χ1n) is 6.50. The molecule has 0 aliphatic rings. The molecule has 1 aromatic rings. The molecule has 0 atom stereocenters. The number of carbonyl (C=O) groups excluding carboxylic acids is 2. The van der Waals surface area contributed by atoms with Gasteiger partial charge >= 0.3 is 5.97 Å². The second-order valence-corrected chi connectivity index (χ2v) is 4.21. The van der Waals surface area contributed by atoms with Crippen molar-refractivity contribution in [3.63, 3.8) is 0 Å². The van der Waals surface area contributed by atoms with Gasteiger partial charge in [0.1, 0.15) is 0 Å². The van der Waals surface area contributed by atoms with Crippen LogP contribution in [0.2, 0.25) is 0 Å². The van der Waals surface area contributed by atoms with Gasteiger partial charge in [0.15, 0.2) is 0 Å². The molecule has 0 aromatic carbocycles. The van der Waals surface area contributed by atoms with Gasteiger partial charge in [-0.1, -0.05) is 6.92 Å². The van der Waals surface area contributed by atoms with Crippen molar-refractivity contribution in [2.75, 3.05) is 6.61 Å². The number of amides is 1. The van der Waals surface area contributed by atoms with Gasteiger partial charge in [-0.3, -0.25) is 14.3 Å². The van der Waals surface area contributed by atoms with Crippen LogP contribution in [-0.4, -0.2) is 28.3 Å². The van der Waals surface area contributed by atoms with E-state index in [1.807, 2.05) is 20.2 Å². The van der Waals surface area contributed by atoms with E-state index in [0.29, 0.717) is 13.2 Å². The lowest BCUT2D eigenvalue weighted by Gasteiger charge is -2.05. The van der Waals surface area contributed by atoms with Crippen molar-refractivity contribution in [3.8, 4) is 0 Å². The lowest BCUT2D eigenvalue weighted by atomic mass is 10.2. The average Bonchev–Trinajstić information content (AvgIpc) is 2.74. The molecule has 1 N–H and O–H groups in total. The molecule has 1 aromatic heterocycles. The molecule has 0 saturated heterocycles. The molecular formula is C13H21N3O3. The lowest BCUT2D eigenvalue weighted by molar-refractivity contribution is -0.144. The summed E-state index contributed by atoms with van der Waals surface area (Å²) in [5.74, 6) is -0.493. The molecule has 6 heteroatoms. The average molecular weight is 267 g/mol. The Morgan fingerprint density at radius 2 is 2.11 bits per heavy atom. The highest BCUT2D eigenvalue weighted by atomic mass is 16.5. The highest BCUT2D eigenvalue weighted by molar-refractivity contribution is 5.81. The molecule has 0 fully saturated rings. The third-order valence-corrected chi connectivity index (χ3v) is 2.66. The normalized spacial score (nSPS) is 10.3. The summed E-state index contributed by atoms with van der Waals surface area (Å²) in [5.41, 5.74) is 1.99. The molecule has 0 aliphatic heterocycles. The minimum Gasteiger partial charge on any atom is -0.466 e. The quantitative estimate of drug-likeness (QED) is 0.746. The molecule has 106 valence electrons. The van der Waals surface area contributed by atoms with Crippen molar-refractivity contribution in [2.45, 2.75) is 39.7 Å². The number of nitrogens with zero attached hydrogens (tertiary/aromatic N) is 2. The van der Waals surface area contributed by atoms with Crippen LogP contribution in [0.5, 0.6) is 0 Å². The van der Waals surface area contributed by atoms with Crippen molar-refractivity contribution >= 4 is 11.9 Å². The maximum atomic E-state index is 11.6. The van der Waals surface area contributed by atoms with Crippen molar-refractivity contribution in [1.29, 1.82) is 0 Å². The molecular weight excluding hydrogens is 246 g/mol. The van der Waals surface area contributed by atoms with Gasteiger partial charge in [0.05, 0.1) is 18.7 Å². The molecule has 0 spiro atoms. The SMILES string of the molecule is CCOC(=O)CCC(=O)NCc1cn(C)nc1CC. The predicted octanol–water partition coefficient (Wildman–Crippen LogP) is 0.942. The fourth-order valence-electron chi connectivity index (χ4n) is 1.76. The largest absolute Gasteiger partial charge is 0.466 e. The summed E-state index contributed by atoms with van der Waals surface area (Å²) < 4.78 is 6.50. The zero-order valence-corrected chi connectivity index (χ0v) is 11.7. The number of nitrogens with one attached hydrogen (secondary N) is 1. The van der Waals surface area contributed by atoms with Crippen molar-refractivity contribution in [3.05, 3.63) is 17.5 Å².